The molecule has 1 aliphatic rings. The van der Waals surface area contributed by atoms with E-state index in [4.69, 9.17) is 9.47 Å². The topological polar surface area (TPSA) is 54.0 Å². The van der Waals surface area contributed by atoms with Crippen LogP contribution in [0.5, 0.6) is 11.5 Å². The van der Waals surface area contributed by atoms with E-state index < -0.39 is 0 Å². The lowest BCUT2D eigenvalue weighted by molar-refractivity contribution is -0.137. The summed E-state index contributed by atoms with van der Waals surface area (Å²) in [5.74, 6) is 1.30. The summed E-state index contributed by atoms with van der Waals surface area (Å²) in [4.78, 5) is 16.9. The molecule has 0 atom stereocenters. The van der Waals surface area contributed by atoms with Crippen LogP contribution < -0.4 is 14.8 Å². The van der Waals surface area contributed by atoms with Crippen molar-refractivity contribution in [1.82, 2.24) is 15.1 Å². The van der Waals surface area contributed by atoms with Crippen molar-refractivity contribution < 1.29 is 14.3 Å². The van der Waals surface area contributed by atoms with E-state index in [2.05, 4.69) is 30.4 Å². The minimum Gasteiger partial charge on any atom is -0.490 e. The average molecular weight is 448 g/mol. The molecule has 0 spiro atoms. The van der Waals surface area contributed by atoms with E-state index in [-0.39, 0.29) is 30.1 Å². The van der Waals surface area contributed by atoms with Gasteiger partial charge < -0.3 is 24.6 Å². The first-order chi connectivity index (χ1) is 15.2. The molecule has 1 aromatic rings. The second-order valence-electron chi connectivity index (χ2n) is 9.77. The molecule has 0 bridgehead atoms. The van der Waals surface area contributed by atoms with Crippen LogP contribution in [-0.2, 0) is 11.3 Å². The molecule has 6 heteroatoms. The lowest BCUT2D eigenvalue weighted by atomic mass is 9.80. The van der Waals surface area contributed by atoms with E-state index in [1.807, 2.05) is 51.7 Å². The molecule has 2 rings (SSSR count). The Morgan fingerprint density at radius 2 is 1.69 bits per heavy atom. The van der Waals surface area contributed by atoms with Crippen molar-refractivity contribution in [2.45, 2.75) is 90.9 Å². The molecule has 32 heavy (non-hydrogen) atoms. The lowest BCUT2D eigenvalue weighted by Crippen LogP contribution is -2.52. The quantitative estimate of drug-likeness (QED) is 0.513. The zero-order chi connectivity index (χ0) is 23.7. The Kier molecular flexibility index (Phi) is 10.3. The summed E-state index contributed by atoms with van der Waals surface area (Å²) in [6.45, 7) is 12.4. The van der Waals surface area contributed by atoms with Gasteiger partial charge in [0.05, 0.1) is 6.61 Å². The van der Waals surface area contributed by atoms with Gasteiger partial charge in [-0.05, 0) is 79.3 Å². The van der Waals surface area contributed by atoms with Crippen LogP contribution in [0.1, 0.15) is 72.3 Å². The van der Waals surface area contributed by atoms with Gasteiger partial charge in [0.2, 0.25) is 0 Å². The third-order valence-corrected chi connectivity index (χ3v) is 6.58. The Labute approximate surface area is 195 Å². The van der Waals surface area contributed by atoms with Crippen LogP contribution in [0.4, 0.5) is 0 Å². The number of nitrogens with zero attached hydrogens (tertiary/aromatic N) is 2. The van der Waals surface area contributed by atoms with Gasteiger partial charge >= 0.3 is 0 Å². The van der Waals surface area contributed by atoms with E-state index in [1.54, 1.807) is 0 Å². The molecule has 0 aromatic heterocycles. The van der Waals surface area contributed by atoms with Gasteiger partial charge in [0.1, 0.15) is 0 Å². The van der Waals surface area contributed by atoms with Crippen molar-refractivity contribution in [3.8, 4) is 11.5 Å². The Bertz CT molecular complexity index is 704. The maximum absolute atomic E-state index is 12.7. The summed E-state index contributed by atoms with van der Waals surface area (Å²) < 4.78 is 11.7. The fourth-order valence-corrected chi connectivity index (χ4v) is 4.87. The number of ether oxygens (including phenoxy) is 2. The van der Waals surface area contributed by atoms with Crippen LogP contribution in [0.15, 0.2) is 18.2 Å². The molecule has 0 unspecified atom stereocenters. The summed E-state index contributed by atoms with van der Waals surface area (Å²) in [5, 5.41) is 3.67. The lowest BCUT2D eigenvalue weighted by Gasteiger charge is -2.43. The summed E-state index contributed by atoms with van der Waals surface area (Å²) in [7, 11) is 4.40. The highest BCUT2D eigenvalue weighted by atomic mass is 16.5. The van der Waals surface area contributed by atoms with Crippen molar-refractivity contribution in [2.24, 2.45) is 0 Å². The third kappa shape index (κ3) is 7.11. The predicted molar refractivity (Wildman–Crippen MR) is 131 cm³/mol. The summed E-state index contributed by atoms with van der Waals surface area (Å²) in [6.07, 6.45) is 6.47. The molecule has 1 aromatic carbocycles. The van der Waals surface area contributed by atoms with Gasteiger partial charge in [-0.3, -0.25) is 4.79 Å². The SMILES string of the molecule is CCOc1cc(CNCC2(N(C)C)CCCCC2)ccc1OCC(=O)N(C(C)C)C(C)C. The highest BCUT2D eigenvalue weighted by Gasteiger charge is 2.33. The molecular formula is C26H45N3O3. The Morgan fingerprint density at radius 1 is 1.03 bits per heavy atom. The van der Waals surface area contributed by atoms with Gasteiger partial charge in [-0.2, -0.15) is 0 Å². The van der Waals surface area contributed by atoms with Crippen LogP contribution in [0.2, 0.25) is 0 Å². The molecular weight excluding hydrogens is 402 g/mol. The number of likely N-dealkylation sites (N-methyl/N-ethyl adjacent to an activating group) is 1. The predicted octanol–water partition coefficient (Wildman–Crippen LogP) is 4.46. The molecule has 0 heterocycles. The maximum atomic E-state index is 12.7. The molecule has 1 N–H and O–H groups in total. The molecule has 0 radical (unpaired) electrons. The molecule has 6 nitrogen and oxygen atoms in total. The summed E-state index contributed by atoms with van der Waals surface area (Å²) >= 11 is 0. The monoisotopic (exact) mass is 447 g/mol. The van der Waals surface area contributed by atoms with E-state index in [9.17, 15) is 4.79 Å². The normalized spacial score (nSPS) is 15.9. The largest absolute Gasteiger partial charge is 0.490 e. The van der Waals surface area contributed by atoms with Crippen molar-refractivity contribution in [2.75, 3.05) is 33.9 Å². The molecule has 1 amide bonds. The Hall–Kier alpha value is -1.79. The van der Waals surface area contributed by atoms with Crippen LogP contribution in [0.25, 0.3) is 0 Å². The zero-order valence-electron chi connectivity index (χ0n) is 21.4. The van der Waals surface area contributed by atoms with Gasteiger partial charge in [0, 0.05) is 30.7 Å². The minimum atomic E-state index is -0.00958. The molecule has 1 fully saturated rings. The smallest absolute Gasteiger partial charge is 0.260 e. The second kappa shape index (κ2) is 12.4. The van der Waals surface area contributed by atoms with E-state index in [1.165, 1.54) is 32.1 Å². The standard InChI is InChI=1S/C26H45N3O3/c1-8-31-24-16-22(17-27-19-26(28(6)7)14-10-9-11-15-26)12-13-23(24)32-18-25(30)29(20(2)3)21(4)5/h12-13,16,20-21,27H,8-11,14-15,17-19H2,1-7H3. The van der Waals surface area contributed by atoms with Gasteiger partial charge in [0.25, 0.3) is 5.91 Å². The zero-order valence-corrected chi connectivity index (χ0v) is 21.4. The number of hydrogen-bond acceptors (Lipinski definition) is 5. The van der Waals surface area contributed by atoms with Gasteiger partial charge in [-0.25, -0.2) is 0 Å². The first kappa shape index (κ1) is 26.5. The number of carbonyl (C=O) groups excluding carboxylic acids is 1. The summed E-state index contributed by atoms with van der Waals surface area (Å²) in [6, 6.07) is 6.29. The molecule has 1 aliphatic carbocycles. The molecule has 0 saturated heterocycles. The van der Waals surface area contributed by atoms with Crippen LogP contribution in [0.3, 0.4) is 0 Å². The van der Waals surface area contributed by atoms with Gasteiger partial charge in [-0.1, -0.05) is 25.3 Å². The first-order valence-corrected chi connectivity index (χ1v) is 12.3. The highest BCUT2D eigenvalue weighted by molar-refractivity contribution is 5.78. The summed E-state index contributed by atoms with van der Waals surface area (Å²) in [5.41, 5.74) is 1.41. The maximum Gasteiger partial charge on any atom is 0.260 e. The van der Waals surface area contributed by atoms with Crippen LogP contribution in [0, 0.1) is 0 Å². The van der Waals surface area contributed by atoms with Crippen molar-refractivity contribution in [3.05, 3.63) is 23.8 Å². The second-order valence-corrected chi connectivity index (χ2v) is 9.77. The van der Waals surface area contributed by atoms with Gasteiger partial charge in [0.15, 0.2) is 18.1 Å². The minimum absolute atomic E-state index is 0.00958. The van der Waals surface area contributed by atoms with E-state index in [0.29, 0.717) is 18.1 Å². The number of nitrogens with one attached hydrogen (secondary N) is 1. The number of amides is 1. The molecule has 1 saturated carbocycles. The number of hydrogen-bond donors (Lipinski definition) is 1. The van der Waals surface area contributed by atoms with Crippen LogP contribution >= 0.6 is 0 Å². The van der Waals surface area contributed by atoms with E-state index in [0.717, 1.165) is 18.7 Å². The third-order valence-electron chi connectivity index (χ3n) is 6.58. The highest BCUT2D eigenvalue weighted by Crippen LogP contribution is 2.32. The number of carbonyl (C=O) groups is 1. The van der Waals surface area contributed by atoms with Crippen molar-refractivity contribution in [3.63, 3.8) is 0 Å². The average Bonchev–Trinajstić information content (AvgIpc) is 2.73. The number of benzene rings is 1. The van der Waals surface area contributed by atoms with Crippen molar-refractivity contribution in [1.29, 1.82) is 0 Å². The Balaban J connectivity index is 2.00. The van der Waals surface area contributed by atoms with Crippen LogP contribution in [-0.4, -0.2) is 67.2 Å². The number of rotatable bonds is 12. The Morgan fingerprint density at radius 3 is 2.25 bits per heavy atom. The fraction of sp³-hybridized carbons (Fsp3) is 0.731. The first-order valence-electron chi connectivity index (χ1n) is 12.3. The van der Waals surface area contributed by atoms with E-state index >= 15 is 0 Å². The molecule has 0 aliphatic heterocycles. The molecule has 182 valence electrons. The van der Waals surface area contributed by atoms with Crippen molar-refractivity contribution >= 4 is 5.91 Å². The fourth-order valence-electron chi connectivity index (χ4n) is 4.87. The van der Waals surface area contributed by atoms with Gasteiger partial charge in [-0.15, -0.1) is 0 Å².